The summed E-state index contributed by atoms with van der Waals surface area (Å²) in [6.45, 7) is 3.65. The zero-order valence-corrected chi connectivity index (χ0v) is 10.5. The molecule has 0 aromatic carbocycles. The number of carboxylic acids is 1. The molecule has 0 saturated heterocycles. The molecule has 1 aliphatic rings. The maximum Gasteiger partial charge on any atom is 0.325 e. The number of carbonyl (C=O) groups is 2. The Hall–Kier alpha value is -1.26. The van der Waals surface area contributed by atoms with E-state index in [2.05, 4.69) is 17.6 Å². The summed E-state index contributed by atoms with van der Waals surface area (Å²) in [5, 5.41) is 13.9. The average molecular weight is 242 g/mol. The summed E-state index contributed by atoms with van der Waals surface area (Å²) in [5.41, 5.74) is 0. The van der Waals surface area contributed by atoms with Crippen molar-refractivity contribution < 1.29 is 14.7 Å². The molecule has 2 amide bonds. The SMILES string of the molecule is CCC1CCC(NC(=O)NC(C)C(=O)O)CC1. The van der Waals surface area contributed by atoms with E-state index in [0.717, 1.165) is 31.6 Å². The topological polar surface area (TPSA) is 78.4 Å². The standard InChI is InChI=1S/C12H22N2O3/c1-3-9-4-6-10(7-5-9)14-12(17)13-8(2)11(15)16/h8-10H,3-7H2,1-2H3,(H,15,16)(H2,13,14,17). The summed E-state index contributed by atoms with van der Waals surface area (Å²) < 4.78 is 0. The van der Waals surface area contributed by atoms with Crippen LogP contribution in [0.2, 0.25) is 0 Å². The second-order valence-electron chi connectivity index (χ2n) is 4.80. The Balaban J connectivity index is 2.26. The highest BCUT2D eigenvalue weighted by molar-refractivity contribution is 5.82. The Kier molecular flexibility index (Phi) is 5.25. The van der Waals surface area contributed by atoms with Crippen LogP contribution in [0.25, 0.3) is 0 Å². The van der Waals surface area contributed by atoms with E-state index in [4.69, 9.17) is 5.11 Å². The van der Waals surface area contributed by atoms with Gasteiger partial charge in [-0.3, -0.25) is 4.79 Å². The molecule has 5 nitrogen and oxygen atoms in total. The van der Waals surface area contributed by atoms with Crippen LogP contribution in [0.3, 0.4) is 0 Å². The maximum absolute atomic E-state index is 11.5. The van der Waals surface area contributed by atoms with E-state index in [1.54, 1.807) is 0 Å². The molecule has 0 aliphatic heterocycles. The number of rotatable bonds is 4. The van der Waals surface area contributed by atoms with E-state index in [-0.39, 0.29) is 12.1 Å². The van der Waals surface area contributed by atoms with Crippen LogP contribution >= 0.6 is 0 Å². The molecular formula is C12H22N2O3. The van der Waals surface area contributed by atoms with Gasteiger partial charge in [-0.05, 0) is 38.5 Å². The highest BCUT2D eigenvalue weighted by atomic mass is 16.4. The molecule has 1 unspecified atom stereocenters. The van der Waals surface area contributed by atoms with Gasteiger partial charge in [0.05, 0.1) is 0 Å². The molecule has 0 heterocycles. The summed E-state index contributed by atoms with van der Waals surface area (Å²) in [4.78, 5) is 22.1. The van der Waals surface area contributed by atoms with Crippen molar-refractivity contribution in [2.75, 3.05) is 0 Å². The highest BCUT2D eigenvalue weighted by Gasteiger charge is 2.22. The van der Waals surface area contributed by atoms with E-state index in [1.165, 1.54) is 13.3 Å². The summed E-state index contributed by atoms with van der Waals surface area (Å²) in [7, 11) is 0. The summed E-state index contributed by atoms with van der Waals surface area (Å²) in [6, 6.07) is -1.03. The van der Waals surface area contributed by atoms with Crippen LogP contribution < -0.4 is 10.6 Å². The molecule has 3 N–H and O–H groups in total. The zero-order valence-electron chi connectivity index (χ0n) is 10.5. The second kappa shape index (κ2) is 6.47. The van der Waals surface area contributed by atoms with Crippen molar-refractivity contribution in [2.45, 2.75) is 58.0 Å². The Bertz CT molecular complexity index is 273. The number of carboxylic acid groups (broad SMARTS) is 1. The van der Waals surface area contributed by atoms with Gasteiger partial charge in [-0.15, -0.1) is 0 Å². The molecule has 0 spiro atoms. The largest absolute Gasteiger partial charge is 0.480 e. The van der Waals surface area contributed by atoms with Crippen LogP contribution in [-0.4, -0.2) is 29.2 Å². The molecule has 1 saturated carbocycles. The van der Waals surface area contributed by atoms with Gasteiger partial charge in [0.2, 0.25) is 0 Å². The van der Waals surface area contributed by atoms with Gasteiger partial charge in [0.1, 0.15) is 6.04 Å². The quantitative estimate of drug-likeness (QED) is 0.702. The van der Waals surface area contributed by atoms with Crippen LogP contribution in [0.15, 0.2) is 0 Å². The van der Waals surface area contributed by atoms with E-state index in [0.29, 0.717) is 0 Å². The van der Waals surface area contributed by atoms with Crippen molar-refractivity contribution in [3.05, 3.63) is 0 Å². The Labute approximate surface area is 102 Å². The molecule has 1 atom stereocenters. The van der Waals surface area contributed by atoms with Crippen molar-refractivity contribution >= 4 is 12.0 Å². The third kappa shape index (κ3) is 4.63. The first-order valence-electron chi connectivity index (χ1n) is 6.32. The normalized spacial score (nSPS) is 26.0. The lowest BCUT2D eigenvalue weighted by Crippen LogP contribution is -2.48. The molecule has 17 heavy (non-hydrogen) atoms. The van der Waals surface area contributed by atoms with Gasteiger partial charge in [-0.1, -0.05) is 13.3 Å². The highest BCUT2D eigenvalue weighted by Crippen LogP contribution is 2.26. The lowest BCUT2D eigenvalue weighted by molar-refractivity contribution is -0.138. The lowest BCUT2D eigenvalue weighted by Gasteiger charge is -2.28. The molecule has 1 rings (SSSR count). The number of urea groups is 1. The predicted molar refractivity (Wildman–Crippen MR) is 64.8 cm³/mol. The van der Waals surface area contributed by atoms with E-state index < -0.39 is 12.0 Å². The van der Waals surface area contributed by atoms with Crippen LogP contribution in [0, 0.1) is 5.92 Å². The minimum absolute atomic E-state index is 0.193. The third-order valence-corrected chi connectivity index (χ3v) is 3.48. The van der Waals surface area contributed by atoms with Crippen LogP contribution in [0.1, 0.15) is 46.0 Å². The first-order chi connectivity index (χ1) is 8.02. The van der Waals surface area contributed by atoms with Crippen molar-refractivity contribution in [3.8, 4) is 0 Å². The number of aliphatic carboxylic acids is 1. The predicted octanol–water partition coefficient (Wildman–Crippen LogP) is 1.73. The van der Waals surface area contributed by atoms with Crippen LogP contribution in [0.5, 0.6) is 0 Å². The monoisotopic (exact) mass is 242 g/mol. The first kappa shape index (κ1) is 13.8. The minimum atomic E-state index is -1.02. The number of hydrogen-bond acceptors (Lipinski definition) is 2. The molecule has 0 bridgehead atoms. The molecular weight excluding hydrogens is 220 g/mol. The molecule has 0 radical (unpaired) electrons. The van der Waals surface area contributed by atoms with Gasteiger partial charge in [0.15, 0.2) is 0 Å². The molecule has 5 heteroatoms. The van der Waals surface area contributed by atoms with Gasteiger partial charge in [-0.25, -0.2) is 4.79 Å². The number of amides is 2. The average Bonchev–Trinajstić information content (AvgIpc) is 2.29. The fraction of sp³-hybridized carbons (Fsp3) is 0.833. The van der Waals surface area contributed by atoms with E-state index in [9.17, 15) is 9.59 Å². The smallest absolute Gasteiger partial charge is 0.325 e. The maximum atomic E-state index is 11.5. The second-order valence-corrected chi connectivity index (χ2v) is 4.80. The van der Waals surface area contributed by atoms with Gasteiger partial charge in [-0.2, -0.15) is 0 Å². The summed E-state index contributed by atoms with van der Waals surface area (Å²) in [6.07, 6.45) is 5.49. The fourth-order valence-corrected chi connectivity index (χ4v) is 2.20. The Morgan fingerprint density at radius 1 is 1.29 bits per heavy atom. The number of nitrogens with one attached hydrogen (secondary N) is 2. The first-order valence-corrected chi connectivity index (χ1v) is 6.32. The lowest BCUT2D eigenvalue weighted by atomic mass is 9.85. The minimum Gasteiger partial charge on any atom is -0.480 e. The van der Waals surface area contributed by atoms with Crippen LogP contribution in [0.4, 0.5) is 4.79 Å². The van der Waals surface area contributed by atoms with Gasteiger partial charge < -0.3 is 15.7 Å². The molecule has 98 valence electrons. The van der Waals surface area contributed by atoms with Crippen molar-refractivity contribution in [3.63, 3.8) is 0 Å². The summed E-state index contributed by atoms with van der Waals surface area (Å²) >= 11 is 0. The van der Waals surface area contributed by atoms with E-state index in [1.807, 2.05) is 0 Å². The molecule has 1 aliphatic carbocycles. The van der Waals surface area contributed by atoms with Crippen molar-refractivity contribution in [2.24, 2.45) is 5.92 Å². The molecule has 0 aromatic heterocycles. The molecule has 0 aromatic rings. The van der Waals surface area contributed by atoms with Crippen molar-refractivity contribution in [1.29, 1.82) is 0 Å². The Morgan fingerprint density at radius 2 is 1.88 bits per heavy atom. The van der Waals surface area contributed by atoms with Crippen LogP contribution in [-0.2, 0) is 4.79 Å². The fourth-order valence-electron chi connectivity index (χ4n) is 2.20. The third-order valence-electron chi connectivity index (χ3n) is 3.48. The summed E-state index contributed by atoms with van der Waals surface area (Å²) in [5.74, 6) is -0.233. The van der Waals surface area contributed by atoms with Crippen molar-refractivity contribution in [1.82, 2.24) is 10.6 Å². The molecule has 1 fully saturated rings. The van der Waals surface area contributed by atoms with Gasteiger partial charge in [0, 0.05) is 6.04 Å². The van der Waals surface area contributed by atoms with Gasteiger partial charge >= 0.3 is 12.0 Å². The number of carbonyl (C=O) groups excluding carboxylic acids is 1. The zero-order chi connectivity index (χ0) is 12.8. The number of hydrogen-bond donors (Lipinski definition) is 3. The Morgan fingerprint density at radius 3 is 2.35 bits per heavy atom. The van der Waals surface area contributed by atoms with Gasteiger partial charge in [0.25, 0.3) is 0 Å². The van der Waals surface area contributed by atoms with E-state index >= 15 is 0 Å².